The predicted molar refractivity (Wildman–Crippen MR) is 138 cm³/mol. The molecule has 0 aliphatic heterocycles. The average molecular weight is 488 g/mol. The number of imide groups is 1. The topological polar surface area (TPSA) is 106 Å². The zero-order chi connectivity index (χ0) is 25.1. The number of pyridine rings is 1. The number of carbonyl (C=O) groups is 2. The van der Waals surface area contributed by atoms with Crippen LogP contribution in [0.15, 0.2) is 70.7 Å². The van der Waals surface area contributed by atoms with Gasteiger partial charge in [0.25, 0.3) is 5.56 Å². The molecule has 0 fully saturated rings. The van der Waals surface area contributed by atoms with E-state index in [0.29, 0.717) is 27.6 Å². The molecule has 0 radical (unpaired) electrons. The average Bonchev–Trinajstić information content (AvgIpc) is 2.82. The van der Waals surface area contributed by atoms with Crippen molar-refractivity contribution in [2.75, 3.05) is 5.32 Å². The third-order valence-corrected chi connectivity index (χ3v) is 6.44. The van der Waals surface area contributed by atoms with Gasteiger partial charge in [-0.2, -0.15) is 0 Å². The van der Waals surface area contributed by atoms with Crippen molar-refractivity contribution in [2.24, 2.45) is 0 Å². The molecule has 2 N–H and O–H groups in total. The second-order valence-electron chi connectivity index (χ2n) is 8.27. The number of rotatable bonds is 5. The fourth-order valence-corrected chi connectivity index (χ4v) is 4.43. The minimum atomic E-state index is -0.718. The summed E-state index contributed by atoms with van der Waals surface area (Å²) in [6.07, 6.45) is 1.67. The Morgan fingerprint density at radius 3 is 2.46 bits per heavy atom. The summed E-state index contributed by atoms with van der Waals surface area (Å²) in [5, 5.41) is 5.11. The molecule has 3 amide bonds. The van der Waals surface area contributed by atoms with Gasteiger partial charge in [0.1, 0.15) is 5.82 Å². The lowest BCUT2D eigenvalue weighted by atomic mass is 10.1. The smallest absolute Gasteiger partial charge is 0.307 e. The van der Waals surface area contributed by atoms with Crippen molar-refractivity contribution >= 4 is 40.3 Å². The molecule has 0 saturated heterocycles. The molecule has 0 aliphatic carbocycles. The summed E-state index contributed by atoms with van der Waals surface area (Å²) < 4.78 is 1.39. The van der Waals surface area contributed by atoms with Crippen LogP contribution in [-0.2, 0) is 4.79 Å². The molecule has 9 heteroatoms. The summed E-state index contributed by atoms with van der Waals surface area (Å²) >= 11 is 1.08. The third-order valence-electron chi connectivity index (χ3n) is 5.39. The largest absolute Gasteiger partial charge is 0.325 e. The summed E-state index contributed by atoms with van der Waals surface area (Å²) in [7, 11) is 0. The van der Waals surface area contributed by atoms with E-state index in [9.17, 15) is 14.4 Å². The minimum Gasteiger partial charge on any atom is -0.307 e. The molecule has 0 saturated carbocycles. The first-order valence-electron chi connectivity index (χ1n) is 11.0. The second kappa shape index (κ2) is 10.1. The highest BCUT2D eigenvalue weighted by atomic mass is 32.2. The lowest BCUT2D eigenvalue weighted by molar-refractivity contribution is -0.119. The molecule has 0 bridgehead atoms. The van der Waals surface area contributed by atoms with Gasteiger partial charge in [-0.3, -0.25) is 14.9 Å². The van der Waals surface area contributed by atoms with E-state index in [1.165, 1.54) is 4.57 Å². The van der Waals surface area contributed by atoms with Crippen LogP contribution in [0.3, 0.4) is 0 Å². The van der Waals surface area contributed by atoms with E-state index >= 15 is 0 Å². The summed E-state index contributed by atoms with van der Waals surface area (Å²) in [5.41, 5.74) is 3.78. The number of nitrogens with zero attached hydrogens (tertiary/aromatic N) is 3. The predicted octanol–water partition coefficient (Wildman–Crippen LogP) is 4.53. The monoisotopic (exact) mass is 487 g/mol. The fourth-order valence-electron chi connectivity index (χ4n) is 3.52. The fraction of sp³-hybridized carbons (Fsp3) is 0.192. The van der Waals surface area contributed by atoms with Crippen LogP contribution in [0.5, 0.6) is 0 Å². The Hall–Kier alpha value is -3.98. The number of thioether (sulfide) groups is 1. The van der Waals surface area contributed by atoms with Crippen molar-refractivity contribution in [3.8, 4) is 5.82 Å². The standard InChI is InChI=1S/C26H25N5O3S/c1-15-9-11-20(17(3)13-15)28-25(34)30-23(32)18(4)35-26-29-21-8-6-5-7-19(21)24(33)31(26)22-12-10-16(2)14-27-22/h5-14,18H,1-4H3,(H2,28,30,32,34). The van der Waals surface area contributed by atoms with Crippen LogP contribution in [0.2, 0.25) is 0 Å². The van der Waals surface area contributed by atoms with E-state index in [1.54, 1.807) is 49.5 Å². The van der Waals surface area contributed by atoms with Crippen molar-refractivity contribution in [1.29, 1.82) is 0 Å². The van der Waals surface area contributed by atoms with Crippen molar-refractivity contribution < 1.29 is 9.59 Å². The molecule has 178 valence electrons. The summed E-state index contributed by atoms with van der Waals surface area (Å²) in [6.45, 7) is 7.40. The zero-order valence-electron chi connectivity index (χ0n) is 19.8. The van der Waals surface area contributed by atoms with Gasteiger partial charge in [0.15, 0.2) is 5.16 Å². The molecular weight excluding hydrogens is 462 g/mol. The second-order valence-corrected chi connectivity index (χ2v) is 9.58. The number of hydrogen-bond donors (Lipinski definition) is 2. The molecule has 8 nitrogen and oxygen atoms in total. The van der Waals surface area contributed by atoms with Gasteiger partial charge in [0.2, 0.25) is 5.91 Å². The molecule has 35 heavy (non-hydrogen) atoms. The van der Waals surface area contributed by atoms with Gasteiger partial charge in [-0.25, -0.2) is 19.3 Å². The number of carbonyl (C=O) groups excluding carboxylic acids is 2. The van der Waals surface area contributed by atoms with Gasteiger partial charge < -0.3 is 5.32 Å². The summed E-state index contributed by atoms with van der Waals surface area (Å²) in [4.78, 5) is 47.6. The molecule has 2 aromatic heterocycles. The lowest BCUT2D eigenvalue weighted by Gasteiger charge is -2.16. The number of urea groups is 1. The number of hydrogen-bond acceptors (Lipinski definition) is 6. The maximum Gasteiger partial charge on any atom is 0.325 e. The van der Waals surface area contributed by atoms with Crippen LogP contribution in [0.25, 0.3) is 16.7 Å². The molecule has 2 heterocycles. The van der Waals surface area contributed by atoms with Crippen LogP contribution >= 0.6 is 11.8 Å². The molecule has 2 aromatic carbocycles. The van der Waals surface area contributed by atoms with Crippen molar-refractivity contribution in [3.63, 3.8) is 0 Å². The quantitative estimate of drug-likeness (QED) is 0.316. The Morgan fingerprint density at radius 2 is 1.74 bits per heavy atom. The Labute approximate surface area is 206 Å². The third kappa shape index (κ3) is 5.41. The number of fused-ring (bicyclic) bond motifs is 1. The van der Waals surface area contributed by atoms with E-state index in [-0.39, 0.29) is 5.56 Å². The zero-order valence-corrected chi connectivity index (χ0v) is 20.6. The van der Waals surface area contributed by atoms with Gasteiger partial charge in [0.05, 0.1) is 16.2 Å². The molecule has 4 rings (SSSR count). The normalized spacial score (nSPS) is 11.8. The van der Waals surface area contributed by atoms with Gasteiger partial charge in [0, 0.05) is 11.9 Å². The number of amides is 3. The Bertz CT molecular complexity index is 1480. The van der Waals surface area contributed by atoms with Crippen molar-refractivity contribution in [1.82, 2.24) is 19.9 Å². The number of aryl methyl sites for hydroxylation is 3. The highest BCUT2D eigenvalue weighted by Gasteiger charge is 2.22. The number of benzene rings is 2. The number of aromatic nitrogens is 3. The van der Waals surface area contributed by atoms with Crippen molar-refractivity contribution in [2.45, 2.75) is 38.1 Å². The first-order valence-corrected chi connectivity index (χ1v) is 11.9. The minimum absolute atomic E-state index is 0.283. The number of nitrogens with one attached hydrogen (secondary N) is 2. The van der Waals surface area contributed by atoms with Gasteiger partial charge >= 0.3 is 6.03 Å². The first kappa shape index (κ1) is 24.2. The van der Waals surface area contributed by atoms with Crippen LogP contribution in [0, 0.1) is 20.8 Å². The Kier molecular flexibility index (Phi) is 6.97. The SMILES string of the molecule is Cc1ccc(-n2c(SC(C)C(=O)NC(=O)Nc3ccc(C)cc3C)nc3ccccc3c2=O)nc1. The van der Waals surface area contributed by atoms with E-state index in [4.69, 9.17) is 0 Å². The molecule has 1 unspecified atom stereocenters. The maximum absolute atomic E-state index is 13.3. The maximum atomic E-state index is 13.3. The molecule has 0 aliphatic rings. The van der Waals surface area contributed by atoms with Crippen LogP contribution in [0.1, 0.15) is 23.6 Å². The Balaban J connectivity index is 1.58. The van der Waals surface area contributed by atoms with Gasteiger partial charge in [-0.15, -0.1) is 0 Å². The number of anilines is 1. The highest BCUT2D eigenvalue weighted by molar-refractivity contribution is 8.00. The summed E-state index contributed by atoms with van der Waals surface area (Å²) in [6, 6.07) is 15.6. The van der Waals surface area contributed by atoms with Gasteiger partial charge in [-0.1, -0.05) is 47.7 Å². The van der Waals surface area contributed by atoms with E-state index in [0.717, 1.165) is 28.5 Å². The van der Waals surface area contributed by atoms with Crippen molar-refractivity contribution in [3.05, 3.63) is 87.8 Å². The Morgan fingerprint density at radius 1 is 1.00 bits per heavy atom. The first-order chi connectivity index (χ1) is 16.7. The molecule has 0 spiro atoms. The van der Waals surface area contributed by atoms with Gasteiger partial charge in [-0.05, 0) is 63.1 Å². The summed E-state index contributed by atoms with van der Waals surface area (Å²) in [5.74, 6) is -0.107. The van der Waals surface area contributed by atoms with Crippen LogP contribution < -0.4 is 16.2 Å². The van der Waals surface area contributed by atoms with E-state index in [2.05, 4.69) is 20.6 Å². The number of para-hydroxylation sites is 1. The van der Waals surface area contributed by atoms with E-state index in [1.807, 2.05) is 39.0 Å². The van der Waals surface area contributed by atoms with Crippen LogP contribution in [0.4, 0.5) is 10.5 Å². The molecule has 4 aromatic rings. The molecule has 1 atom stereocenters. The van der Waals surface area contributed by atoms with E-state index < -0.39 is 17.2 Å². The highest BCUT2D eigenvalue weighted by Crippen LogP contribution is 2.25. The van der Waals surface area contributed by atoms with Crippen LogP contribution in [-0.4, -0.2) is 31.7 Å². The lowest BCUT2D eigenvalue weighted by Crippen LogP contribution is -2.39. The molecular formula is C26H25N5O3S.